The standard InChI is InChI=1S/C25H22F5N3O4S/c1-37-19-12-16(15-4-9-22(32-14-15)24(27,28)29)11-17(13-19)25(30,33-23(34)21-3-2-10-31-21)38(35,36)20-7-5-18(26)6-8-20/h4-9,11-14,21,31H,2-3,10H2,1H3,(H,33,34). The Bertz CT molecular complexity index is 1420. The number of aromatic nitrogens is 1. The number of sulfone groups is 1. The second-order valence-electron chi connectivity index (χ2n) is 8.57. The third kappa shape index (κ3) is 5.34. The Labute approximate surface area is 215 Å². The van der Waals surface area contributed by atoms with E-state index in [9.17, 15) is 30.8 Å². The van der Waals surface area contributed by atoms with E-state index in [2.05, 4.69) is 10.3 Å². The van der Waals surface area contributed by atoms with Crippen LogP contribution in [0.15, 0.2) is 65.7 Å². The van der Waals surface area contributed by atoms with Crippen LogP contribution in [-0.2, 0) is 25.9 Å². The average molecular weight is 556 g/mol. The molecule has 1 fully saturated rings. The van der Waals surface area contributed by atoms with Crippen molar-refractivity contribution >= 4 is 15.7 Å². The van der Waals surface area contributed by atoms with E-state index in [1.807, 2.05) is 5.32 Å². The SMILES string of the molecule is COc1cc(-c2ccc(C(F)(F)F)nc2)cc(C(F)(NC(=O)C2CCCN2)S(=O)(=O)c2ccc(F)cc2)c1. The highest BCUT2D eigenvalue weighted by Crippen LogP contribution is 2.39. The summed E-state index contributed by atoms with van der Waals surface area (Å²) in [6.45, 7) is 0.478. The minimum atomic E-state index is -5.06. The lowest BCUT2D eigenvalue weighted by molar-refractivity contribution is -0.141. The number of methoxy groups -OCH3 is 1. The number of nitrogens with one attached hydrogen (secondary N) is 2. The van der Waals surface area contributed by atoms with Crippen molar-refractivity contribution in [1.82, 2.24) is 15.6 Å². The van der Waals surface area contributed by atoms with Gasteiger partial charge in [-0.15, -0.1) is 0 Å². The third-order valence-corrected chi connectivity index (χ3v) is 8.03. The fourth-order valence-electron chi connectivity index (χ4n) is 4.03. The molecule has 7 nitrogen and oxygen atoms in total. The van der Waals surface area contributed by atoms with E-state index in [1.165, 1.54) is 13.2 Å². The second kappa shape index (κ2) is 10.3. The third-order valence-electron chi connectivity index (χ3n) is 6.06. The molecule has 3 aromatic rings. The van der Waals surface area contributed by atoms with Crippen molar-refractivity contribution in [2.24, 2.45) is 0 Å². The van der Waals surface area contributed by atoms with Crippen LogP contribution in [0.25, 0.3) is 11.1 Å². The van der Waals surface area contributed by atoms with Crippen LogP contribution in [0.1, 0.15) is 24.1 Å². The number of ether oxygens (including phenoxy) is 1. The molecule has 0 spiro atoms. The Morgan fingerprint density at radius 1 is 1.05 bits per heavy atom. The van der Waals surface area contributed by atoms with Crippen molar-refractivity contribution in [3.8, 4) is 16.9 Å². The zero-order valence-corrected chi connectivity index (χ0v) is 20.7. The van der Waals surface area contributed by atoms with Gasteiger partial charge in [-0.2, -0.15) is 17.6 Å². The number of carbonyl (C=O) groups is 1. The van der Waals surface area contributed by atoms with Crippen molar-refractivity contribution in [3.05, 3.63) is 77.9 Å². The minimum Gasteiger partial charge on any atom is -0.497 e. The number of pyridine rings is 1. The van der Waals surface area contributed by atoms with Crippen LogP contribution in [0, 0.1) is 5.82 Å². The van der Waals surface area contributed by atoms with E-state index in [0.717, 1.165) is 54.7 Å². The van der Waals surface area contributed by atoms with Gasteiger partial charge in [-0.3, -0.25) is 9.78 Å². The van der Waals surface area contributed by atoms with Crippen LogP contribution in [0.2, 0.25) is 0 Å². The summed E-state index contributed by atoms with van der Waals surface area (Å²) < 4.78 is 102. The molecule has 0 bridgehead atoms. The summed E-state index contributed by atoms with van der Waals surface area (Å²) >= 11 is 0. The molecular weight excluding hydrogens is 533 g/mol. The fourth-order valence-corrected chi connectivity index (χ4v) is 5.51. The molecule has 1 aromatic heterocycles. The van der Waals surface area contributed by atoms with E-state index >= 15 is 4.39 Å². The number of nitrogens with zero attached hydrogens (tertiary/aromatic N) is 1. The molecule has 2 heterocycles. The molecule has 4 rings (SSSR count). The van der Waals surface area contributed by atoms with Gasteiger partial charge in [-0.05, 0) is 73.5 Å². The Morgan fingerprint density at radius 2 is 1.76 bits per heavy atom. The maximum Gasteiger partial charge on any atom is 0.433 e. The first-order valence-electron chi connectivity index (χ1n) is 11.3. The number of hydrogen-bond donors (Lipinski definition) is 2. The summed E-state index contributed by atoms with van der Waals surface area (Å²) in [7, 11) is -3.83. The molecule has 1 amide bonds. The molecule has 1 saturated heterocycles. The summed E-state index contributed by atoms with van der Waals surface area (Å²) in [6.07, 6.45) is -2.82. The van der Waals surface area contributed by atoms with Gasteiger partial charge >= 0.3 is 11.3 Å². The lowest BCUT2D eigenvalue weighted by Crippen LogP contribution is -2.53. The molecule has 2 N–H and O–H groups in total. The van der Waals surface area contributed by atoms with E-state index in [4.69, 9.17) is 4.74 Å². The monoisotopic (exact) mass is 555 g/mol. The highest BCUT2D eigenvalue weighted by atomic mass is 32.2. The van der Waals surface area contributed by atoms with Gasteiger partial charge in [0.05, 0.1) is 18.0 Å². The van der Waals surface area contributed by atoms with Crippen molar-refractivity contribution in [2.75, 3.05) is 13.7 Å². The van der Waals surface area contributed by atoms with Crippen molar-refractivity contribution in [3.63, 3.8) is 0 Å². The van der Waals surface area contributed by atoms with Gasteiger partial charge < -0.3 is 15.4 Å². The quantitative estimate of drug-likeness (QED) is 0.256. The van der Waals surface area contributed by atoms with Crippen LogP contribution >= 0.6 is 0 Å². The van der Waals surface area contributed by atoms with E-state index in [-0.39, 0.29) is 16.9 Å². The predicted molar refractivity (Wildman–Crippen MR) is 127 cm³/mol. The van der Waals surface area contributed by atoms with Gasteiger partial charge in [0.15, 0.2) is 0 Å². The Balaban J connectivity index is 1.86. The molecular formula is C25H22F5N3O4S. The maximum absolute atomic E-state index is 17.0. The molecule has 1 aliphatic heterocycles. The van der Waals surface area contributed by atoms with E-state index < -0.39 is 55.1 Å². The van der Waals surface area contributed by atoms with Crippen molar-refractivity contribution < 1.29 is 39.9 Å². The number of benzene rings is 2. The first kappa shape index (κ1) is 27.5. The minimum absolute atomic E-state index is 0.0398. The number of rotatable bonds is 7. The first-order valence-corrected chi connectivity index (χ1v) is 12.8. The van der Waals surface area contributed by atoms with Gasteiger partial charge in [0, 0.05) is 17.3 Å². The lowest BCUT2D eigenvalue weighted by Gasteiger charge is -2.29. The number of amides is 1. The van der Waals surface area contributed by atoms with Crippen LogP contribution in [0.3, 0.4) is 0 Å². The molecule has 1 aliphatic rings. The maximum atomic E-state index is 17.0. The summed E-state index contributed by atoms with van der Waals surface area (Å²) in [4.78, 5) is 15.7. The van der Waals surface area contributed by atoms with Gasteiger partial charge in [0.25, 0.3) is 0 Å². The number of carbonyl (C=O) groups excluding carboxylic acids is 1. The lowest BCUT2D eigenvalue weighted by atomic mass is 10.0. The van der Waals surface area contributed by atoms with Gasteiger partial charge in [0.2, 0.25) is 15.7 Å². The number of hydrogen-bond acceptors (Lipinski definition) is 6. The zero-order valence-electron chi connectivity index (χ0n) is 19.9. The molecule has 2 unspecified atom stereocenters. The Morgan fingerprint density at radius 3 is 2.32 bits per heavy atom. The topological polar surface area (TPSA) is 97.4 Å². The van der Waals surface area contributed by atoms with Crippen LogP contribution in [0.5, 0.6) is 5.75 Å². The predicted octanol–water partition coefficient (Wildman–Crippen LogP) is 4.34. The number of halogens is 5. The normalized spacial score (nSPS) is 17.6. The zero-order chi connectivity index (χ0) is 27.7. The summed E-state index contributed by atoms with van der Waals surface area (Å²) in [5.74, 6) is -1.72. The molecule has 13 heteroatoms. The second-order valence-corrected chi connectivity index (χ2v) is 10.6. The number of alkyl halides is 4. The van der Waals surface area contributed by atoms with Crippen LogP contribution < -0.4 is 15.4 Å². The highest BCUT2D eigenvalue weighted by Gasteiger charge is 2.50. The van der Waals surface area contributed by atoms with E-state index in [0.29, 0.717) is 19.4 Å². The average Bonchev–Trinajstić information content (AvgIpc) is 3.43. The molecule has 0 aliphatic carbocycles. The molecule has 2 aromatic carbocycles. The molecule has 38 heavy (non-hydrogen) atoms. The summed E-state index contributed by atoms with van der Waals surface area (Å²) in [5, 5.41) is 1.29. The van der Waals surface area contributed by atoms with Gasteiger partial charge in [0.1, 0.15) is 17.3 Å². The van der Waals surface area contributed by atoms with E-state index in [1.54, 1.807) is 0 Å². The van der Waals surface area contributed by atoms with Crippen LogP contribution in [0.4, 0.5) is 22.0 Å². The molecule has 0 saturated carbocycles. The largest absolute Gasteiger partial charge is 0.497 e. The molecule has 202 valence electrons. The Hall–Kier alpha value is -3.58. The van der Waals surface area contributed by atoms with Gasteiger partial charge in [-0.1, -0.05) is 6.07 Å². The summed E-state index contributed by atoms with van der Waals surface area (Å²) in [5.41, 5.74) is -1.56. The van der Waals surface area contributed by atoms with Crippen LogP contribution in [-0.4, -0.2) is 39.0 Å². The van der Waals surface area contributed by atoms with Gasteiger partial charge in [-0.25, -0.2) is 12.8 Å². The molecule has 0 radical (unpaired) electrons. The fraction of sp³-hybridized carbons (Fsp3) is 0.280. The van der Waals surface area contributed by atoms with Crippen molar-refractivity contribution in [2.45, 2.75) is 35.1 Å². The Kier molecular flexibility index (Phi) is 7.44. The smallest absolute Gasteiger partial charge is 0.433 e. The highest BCUT2D eigenvalue weighted by molar-refractivity contribution is 7.92. The summed E-state index contributed by atoms with van der Waals surface area (Å²) in [6, 6.07) is 7.80. The molecule has 2 atom stereocenters. The first-order chi connectivity index (χ1) is 17.8. The van der Waals surface area contributed by atoms with Crippen molar-refractivity contribution in [1.29, 1.82) is 0 Å².